The van der Waals surface area contributed by atoms with Gasteiger partial charge in [0.05, 0.1) is 10.5 Å². The molecule has 0 saturated heterocycles. The Morgan fingerprint density at radius 3 is 2.60 bits per heavy atom. The summed E-state index contributed by atoms with van der Waals surface area (Å²) in [6.07, 6.45) is 2.69. The van der Waals surface area contributed by atoms with E-state index in [4.69, 9.17) is 5.73 Å². The van der Waals surface area contributed by atoms with Gasteiger partial charge in [0.15, 0.2) is 0 Å². The molecule has 1 heterocycles. The second-order valence-electron chi connectivity index (χ2n) is 6.18. The highest BCUT2D eigenvalue weighted by Gasteiger charge is 2.27. The van der Waals surface area contributed by atoms with Crippen LogP contribution in [0.1, 0.15) is 44.5 Å². The van der Waals surface area contributed by atoms with Crippen LogP contribution in [0.25, 0.3) is 0 Å². The molecule has 1 aliphatic rings. The van der Waals surface area contributed by atoms with Gasteiger partial charge in [0.1, 0.15) is 5.00 Å². The maximum absolute atomic E-state index is 12.4. The Morgan fingerprint density at radius 1 is 1.32 bits per heavy atom. The largest absolute Gasteiger partial charge is 0.365 e. The van der Waals surface area contributed by atoms with Crippen molar-refractivity contribution in [3.8, 4) is 0 Å². The van der Waals surface area contributed by atoms with Crippen LogP contribution in [0, 0.1) is 16.0 Å². The Hall–Kier alpha value is -2.74. The van der Waals surface area contributed by atoms with Gasteiger partial charge >= 0.3 is 0 Å². The molecule has 0 bridgehead atoms. The number of benzene rings is 1. The maximum atomic E-state index is 12.4. The van der Waals surface area contributed by atoms with Crippen LogP contribution in [0.15, 0.2) is 24.3 Å². The van der Waals surface area contributed by atoms with Crippen molar-refractivity contribution in [2.45, 2.75) is 26.2 Å². The van der Waals surface area contributed by atoms with Gasteiger partial charge in [0, 0.05) is 22.6 Å². The number of non-ortho nitro benzene ring substituents is 1. The molecule has 0 aliphatic heterocycles. The van der Waals surface area contributed by atoms with E-state index in [-0.39, 0.29) is 11.3 Å². The highest BCUT2D eigenvalue weighted by atomic mass is 32.1. The summed E-state index contributed by atoms with van der Waals surface area (Å²) in [5, 5.41) is 13.9. The topological polar surface area (TPSA) is 115 Å². The summed E-state index contributed by atoms with van der Waals surface area (Å²) >= 11 is 1.38. The van der Waals surface area contributed by atoms with Crippen LogP contribution in [-0.4, -0.2) is 16.7 Å². The number of hydrogen-bond donors (Lipinski definition) is 2. The van der Waals surface area contributed by atoms with Crippen molar-refractivity contribution < 1.29 is 14.5 Å². The first kappa shape index (κ1) is 17.1. The SMILES string of the molecule is C[C@H]1CCc2sc(NC(=O)c3ccc([N+](=O)[O-])cc3)c(C(N)=O)c2C1. The molecule has 0 spiro atoms. The summed E-state index contributed by atoms with van der Waals surface area (Å²) in [5.41, 5.74) is 7.06. The quantitative estimate of drug-likeness (QED) is 0.644. The van der Waals surface area contributed by atoms with E-state index in [0.717, 1.165) is 29.7 Å². The van der Waals surface area contributed by atoms with Gasteiger partial charge in [-0.05, 0) is 42.9 Å². The van der Waals surface area contributed by atoms with Crippen LogP contribution in [0.2, 0.25) is 0 Å². The molecule has 130 valence electrons. The third-order valence-electron chi connectivity index (χ3n) is 4.32. The van der Waals surface area contributed by atoms with Gasteiger partial charge < -0.3 is 11.1 Å². The highest BCUT2D eigenvalue weighted by Crippen LogP contribution is 2.39. The third kappa shape index (κ3) is 3.39. The minimum atomic E-state index is -0.550. The predicted octanol–water partition coefficient (Wildman–Crippen LogP) is 3.13. The van der Waals surface area contributed by atoms with E-state index in [9.17, 15) is 19.7 Å². The molecule has 8 heteroatoms. The number of carbonyl (C=O) groups excluding carboxylic acids is 2. The van der Waals surface area contributed by atoms with Crippen molar-refractivity contribution in [1.29, 1.82) is 0 Å². The molecule has 2 aromatic rings. The van der Waals surface area contributed by atoms with Gasteiger partial charge in [-0.2, -0.15) is 0 Å². The number of aryl methyl sites for hydroxylation is 1. The van der Waals surface area contributed by atoms with E-state index in [0.29, 0.717) is 16.5 Å². The van der Waals surface area contributed by atoms with Crippen molar-refractivity contribution in [3.63, 3.8) is 0 Å². The second-order valence-corrected chi connectivity index (χ2v) is 7.28. The van der Waals surface area contributed by atoms with Crippen LogP contribution >= 0.6 is 11.3 Å². The van der Waals surface area contributed by atoms with Crippen molar-refractivity contribution in [2.75, 3.05) is 5.32 Å². The van der Waals surface area contributed by atoms with Crippen molar-refractivity contribution in [1.82, 2.24) is 0 Å². The Kier molecular flexibility index (Phi) is 4.54. The molecular formula is C17H17N3O4S. The maximum Gasteiger partial charge on any atom is 0.269 e. The molecule has 0 unspecified atom stereocenters. The number of rotatable bonds is 4. The fourth-order valence-corrected chi connectivity index (χ4v) is 4.26. The van der Waals surface area contributed by atoms with E-state index in [1.807, 2.05) is 0 Å². The predicted molar refractivity (Wildman–Crippen MR) is 95.1 cm³/mol. The molecule has 1 aromatic carbocycles. The summed E-state index contributed by atoms with van der Waals surface area (Å²) in [4.78, 5) is 35.6. The highest BCUT2D eigenvalue weighted by molar-refractivity contribution is 7.17. The average molecular weight is 359 g/mol. The smallest absolute Gasteiger partial charge is 0.269 e. The molecule has 3 rings (SSSR count). The monoisotopic (exact) mass is 359 g/mol. The lowest BCUT2D eigenvalue weighted by molar-refractivity contribution is -0.384. The summed E-state index contributed by atoms with van der Waals surface area (Å²) in [7, 11) is 0. The molecule has 1 atom stereocenters. The van der Waals surface area contributed by atoms with Crippen LogP contribution in [-0.2, 0) is 12.8 Å². The zero-order valence-electron chi connectivity index (χ0n) is 13.6. The normalized spacial score (nSPS) is 16.1. The lowest BCUT2D eigenvalue weighted by Gasteiger charge is -2.18. The first-order chi connectivity index (χ1) is 11.9. The van der Waals surface area contributed by atoms with E-state index in [1.165, 1.54) is 35.6 Å². The van der Waals surface area contributed by atoms with E-state index < -0.39 is 16.7 Å². The van der Waals surface area contributed by atoms with Gasteiger partial charge in [-0.15, -0.1) is 11.3 Å². The Balaban J connectivity index is 1.88. The number of hydrogen-bond acceptors (Lipinski definition) is 5. The molecule has 0 fully saturated rings. The molecule has 25 heavy (non-hydrogen) atoms. The average Bonchev–Trinajstić information content (AvgIpc) is 2.91. The van der Waals surface area contributed by atoms with Gasteiger partial charge in [-0.1, -0.05) is 6.92 Å². The number of nitrogens with two attached hydrogens (primary N) is 1. The number of fused-ring (bicyclic) bond motifs is 1. The third-order valence-corrected chi connectivity index (χ3v) is 5.53. The van der Waals surface area contributed by atoms with E-state index in [1.54, 1.807) is 0 Å². The van der Waals surface area contributed by atoms with Gasteiger partial charge in [-0.25, -0.2) is 0 Å². The minimum Gasteiger partial charge on any atom is -0.365 e. The summed E-state index contributed by atoms with van der Waals surface area (Å²) in [6.45, 7) is 2.13. The number of carbonyl (C=O) groups is 2. The number of thiophene rings is 1. The van der Waals surface area contributed by atoms with Crippen LogP contribution in [0.3, 0.4) is 0 Å². The number of nitro benzene ring substituents is 1. The lowest BCUT2D eigenvalue weighted by atomic mass is 9.87. The number of nitro groups is 1. The second kappa shape index (κ2) is 6.64. The van der Waals surface area contributed by atoms with Crippen molar-refractivity contribution in [3.05, 3.63) is 55.9 Å². The standard InChI is InChI=1S/C17H17N3O4S/c1-9-2-7-13-12(8-9)14(15(18)21)17(25-13)19-16(22)10-3-5-11(6-4-10)20(23)24/h3-6,9H,2,7-8H2,1H3,(H2,18,21)(H,19,22)/t9-/m0/s1. The zero-order valence-corrected chi connectivity index (χ0v) is 14.4. The fourth-order valence-electron chi connectivity index (χ4n) is 3.02. The first-order valence-electron chi connectivity index (χ1n) is 7.87. The first-order valence-corrected chi connectivity index (χ1v) is 8.68. The summed E-state index contributed by atoms with van der Waals surface area (Å²) < 4.78 is 0. The fraction of sp³-hybridized carbons (Fsp3) is 0.294. The zero-order chi connectivity index (χ0) is 18.1. The molecular weight excluding hydrogens is 342 g/mol. The molecule has 0 radical (unpaired) electrons. The Bertz CT molecular complexity index is 858. The summed E-state index contributed by atoms with van der Waals surface area (Å²) in [5.74, 6) is -0.506. The molecule has 3 N–H and O–H groups in total. The number of amides is 2. The molecule has 7 nitrogen and oxygen atoms in total. The van der Waals surface area contributed by atoms with E-state index in [2.05, 4.69) is 12.2 Å². The number of nitrogens with zero attached hydrogens (tertiary/aromatic N) is 1. The Labute approximate surface area is 148 Å². The molecule has 2 amide bonds. The van der Waals surface area contributed by atoms with Gasteiger partial charge in [-0.3, -0.25) is 19.7 Å². The lowest BCUT2D eigenvalue weighted by Crippen LogP contribution is -2.19. The van der Waals surface area contributed by atoms with Crippen LogP contribution < -0.4 is 11.1 Å². The number of anilines is 1. The van der Waals surface area contributed by atoms with Crippen LogP contribution in [0.4, 0.5) is 10.7 Å². The number of nitrogens with one attached hydrogen (secondary N) is 1. The molecule has 0 saturated carbocycles. The van der Waals surface area contributed by atoms with E-state index >= 15 is 0 Å². The van der Waals surface area contributed by atoms with Gasteiger partial charge in [0.25, 0.3) is 17.5 Å². The van der Waals surface area contributed by atoms with Crippen molar-refractivity contribution in [2.24, 2.45) is 11.7 Å². The van der Waals surface area contributed by atoms with Crippen molar-refractivity contribution >= 4 is 33.8 Å². The van der Waals surface area contributed by atoms with Crippen LogP contribution in [0.5, 0.6) is 0 Å². The molecule has 1 aliphatic carbocycles. The minimum absolute atomic E-state index is 0.0880. The Morgan fingerprint density at radius 2 is 2.00 bits per heavy atom. The summed E-state index contributed by atoms with van der Waals surface area (Å²) in [6, 6.07) is 5.30. The number of primary amides is 1. The van der Waals surface area contributed by atoms with Gasteiger partial charge in [0.2, 0.25) is 0 Å². The molecule has 1 aromatic heterocycles.